The van der Waals surface area contributed by atoms with Crippen molar-refractivity contribution in [1.29, 1.82) is 0 Å². The average Bonchev–Trinajstić information content (AvgIpc) is 3.38. The Morgan fingerprint density at radius 2 is 1.85 bits per heavy atom. The second-order valence-electron chi connectivity index (χ2n) is 6.49. The molecule has 0 spiro atoms. The molecule has 2 N–H and O–H groups in total. The normalized spacial score (nSPS) is 18.6. The number of imidazole rings is 1. The third-order valence-electron chi connectivity index (χ3n) is 5.06. The molecule has 0 radical (unpaired) electrons. The fourth-order valence-corrected chi connectivity index (χ4v) is 3.77. The molecule has 5 rings (SSSR count). The summed E-state index contributed by atoms with van der Waals surface area (Å²) in [6.07, 6.45) is 12.5. The van der Waals surface area contributed by atoms with Gasteiger partial charge in [-0.1, -0.05) is 48.6 Å². The number of fused-ring (bicyclic) bond motifs is 1. The number of hydrogen-bond donors (Lipinski definition) is 2. The van der Waals surface area contributed by atoms with E-state index in [-0.39, 0.29) is 5.41 Å². The first-order valence-electron chi connectivity index (χ1n) is 8.59. The molecule has 3 heterocycles. The van der Waals surface area contributed by atoms with Crippen molar-refractivity contribution < 1.29 is 0 Å². The number of allylic oxidation sites excluding steroid dienone is 1. The fourth-order valence-electron chi connectivity index (χ4n) is 3.77. The van der Waals surface area contributed by atoms with Crippen LogP contribution in [0.15, 0.2) is 73.3 Å². The van der Waals surface area contributed by atoms with Gasteiger partial charge in [0.05, 0.1) is 0 Å². The van der Waals surface area contributed by atoms with Gasteiger partial charge < -0.3 is 4.98 Å². The van der Waals surface area contributed by atoms with Crippen molar-refractivity contribution in [3.8, 4) is 11.5 Å². The van der Waals surface area contributed by atoms with Crippen molar-refractivity contribution in [1.82, 2.24) is 25.1 Å². The molecule has 0 aliphatic heterocycles. The highest BCUT2D eigenvalue weighted by Gasteiger charge is 2.36. The van der Waals surface area contributed by atoms with E-state index in [0.717, 1.165) is 29.2 Å². The zero-order valence-electron chi connectivity index (χ0n) is 14.1. The van der Waals surface area contributed by atoms with Crippen LogP contribution < -0.4 is 0 Å². The number of hydrogen-bond acceptors (Lipinski definition) is 3. The van der Waals surface area contributed by atoms with Gasteiger partial charge in [-0.2, -0.15) is 5.10 Å². The average molecular weight is 339 g/mol. The maximum absolute atomic E-state index is 4.51. The molecule has 4 aromatic rings. The Morgan fingerprint density at radius 1 is 0.962 bits per heavy atom. The smallest absolute Gasteiger partial charge is 0.158 e. The van der Waals surface area contributed by atoms with E-state index in [1.165, 1.54) is 11.1 Å². The van der Waals surface area contributed by atoms with E-state index < -0.39 is 0 Å². The van der Waals surface area contributed by atoms with Crippen molar-refractivity contribution in [2.24, 2.45) is 0 Å². The van der Waals surface area contributed by atoms with E-state index in [2.05, 4.69) is 67.6 Å². The fraction of sp³-hybridized carbons (Fsp3) is 0.0952. The van der Waals surface area contributed by atoms with Gasteiger partial charge in [-0.05, 0) is 17.2 Å². The van der Waals surface area contributed by atoms with E-state index in [0.29, 0.717) is 0 Å². The minimum absolute atomic E-state index is 0.268. The summed E-state index contributed by atoms with van der Waals surface area (Å²) < 4.78 is 0. The molecule has 1 atom stereocenters. The minimum atomic E-state index is -0.268. The quantitative estimate of drug-likeness (QED) is 0.597. The molecule has 0 fully saturated rings. The van der Waals surface area contributed by atoms with Gasteiger partial charge in [0.1, 0.15) is 5.69 Å². The first-order chi connectivity index (χ1) is 12.9. The van der Waals surface area contributed by atoms with Gasteiger partial charge in [0.25, 0.3) is 0 Å². The van der Waals surface area contributed by atoms with Crippen LogP contribution in [0.5, 0.6) is 0 Å². The lowest BCUT2D eigenvalue weighted by Crippen LogP contribution is -2.30. The van der Waals surface area contributed by atoms with Crippen LogP contribution in [-0.2, 0) is 11.8 Å². The lowest BCUT2D eigenvalue weighted by atomic mass is 9.69. The predicted octanol–water partition coefficient (Wildman–Crippen LogP) is 3.75. The zero-order chi connectivity index (χ0) is 17.4. The summed E-state index contributed by atoms with van der Waals surface area (Å²) in [4.78, 5) is 11.8. The van der Waals surface area contributed by atoms with Crippen molar-refractivity contribution in [3.63, 3.8) is 0 Å². The van der Waals surface area contributed by atoms with Crippen molar-refractivity contribution in [3.05, 3.63) is 95.7 Å². The lowest BCUT2D eigenvalue weighted by Gasteiger charge is -2.34. The second kappa shape index (κ2) is 5.81. The Labute approximate surface area is 150 Å². The van der Waals surface area contributed by atoms with Crippen LogP contribution in [0.2, 0.25) is 0 Å². The van der Waals surface area contributed by atoms with Gasteiger partial charge in [-0.15, -0.1) is 0 Å². The SMILES string of the molecule is C1=CC(c2ccccc2)(c2cccnc2)Cc2[nH]nc(-c3ncc[nH]3)c21. The highest BCUT2D eigenvalue weighted by molar-refractivity contribution is 5.73. The lowest BCUT2D eigenvalue weighted by molar-refractivity contribution is 0.618. The first-order valence-corrected chi connectivity index (χ1v) is 8.59. The van der Waals surface area contributed by atoms with E-state index in [4.69, 9.17) is 0 Å². The third kappa shape index (κ3) is 2.21. The molecule has 0 amide bonds. The molecule has 1 aliphatic carbocycles. The molecule has 0 saturated heterocycles. The first kappa shape index (κ1) is 14.8. The number of pyridine rings is 1. The molecular weight excluding hydrogens is 322 g/mol. The van der Waals surface area contributed by atoms with Gasteiger partial charge in [0.2, 0.25) is 0 Å². The Morgan fingerprint density at radius 3 is 2.62 bits per heavy atom. The maximum atomic E-state index is 4.51. The summed E-state index contributed by atoms with van der Waals surface area (Å²) in [6, 6.07) is 14.7. The van der Waals surface area contributed by atoms with Crippen LogP contribution in [0.4, 0.5) is 0 Å². The monoisotopic (exact) mass is 339 g/mol. The van der Waals surface area contributed by atoms with Crippen molar-refractivity contribution in [2.45, 2.75) is 11.8 Å². The number of benzene rings is 1. The maximum Gasteiger partial charge on any atom is 0.158 e. The van der Waals surface area contributed by atoms with E-state index in [1.54, 1.807) is 6.20 Å². The summed E-state index contributed by atoms with van der Waals surface area (Å²) in [5.41, 5.74) is 5.19. The topological polar surface area (TPSA) is 70.2 Å². The van der Waals surface area contributed by atoms with Gasteiger partial charge in [-0.3, -0.25) is 10.1 Å². The van der Waals surface area contributed by atoms with Gasteiger partial charge >= 0.3 is 0 Å². The Hall–Kier alpha value is -3.47. The van der Waals surface area contributed by atoms with E-state index >= 15 is 0 Å². The highest BCUT2D eigenvalue weighted by Crippen LogP contribution is 2.42. The van der Waals surface area contributed by atoms with Crippen LogP contribution in [-0.4, -0.2) is 25.1 Å². The largest absolute Gasteiger partial charge is 0.343 e. The number of aromatic amines is 2. The molecular formula is C21H17N5. The molecule has 1 unspecified atom stereocenters. The molecule has 5 heteroatoms. The molecule has 0 saturated carbocycles. The minimum Gasteiger partial charge on any atom is -0.343 e. The van der Waals surface area contributed by atoms with E-state index in [9.17, 15) is 0 Å². The number of nitrogens with zero attached hydrogens (tertiary/aromatic N) is 3. The molecule has 26 heavy (non-hydrogen) atoms. The van der Waals surface area contributed by atoms with Gasteiger partial charge in [0.15, 0.2) is 5.82 Å². The van der Waals surface area contributed by atoms with Crippen LogP contribution in [0.3, 0.4) is 0 Å². The Balaban J connectivity index is 1.67. The molecule has 5 nitrogen and oxygen atoms in total. The Kier molecular flexibility index (Phi) is 3.31. The molecule has 1 aliphatic rings. The Bertz CT molecular complexity index is 1010. The summed E-state index contributed by atoms with van der Waals surface area (Å²) in [7, 11) is 0. The molecule has 0 bridgehead atoms. The van der Waals surface area contributed by atoms with Gasteiger partial charge in [-0.25, -0.2) is 4.98 Å². The van der Waals surface area contributed by atoms with Crippen molar-refractivity contribution in [2.75, 3.05) is 0 Å². The summed E-state index contributed by atoms with van der Waals surface area (Å²) in [6.45, 7) is 0. The van der Waals surface area contributed by atoms with Gasteiger partial charge in [0, 0.05) is 47.9 Å². The number of H-pyrrole nitrogens is 2. The van der Waals surface area contributed by atoms with Crippen LogP contribution in [0.1, 0.15) is 22.4 Å². The number of nitrogens with one attached hydrogen (secondary N) is 2. The summed E-state index contributed by atoms with van der Waals surface area (Å²) >= 11 is 0. The summed E-state index contributed by atoms with van der Waals surface area (Å²) in [5, 5.41) is 7.73. The van der Waals surface area contributed by atoms with Crippen LogP contribution in [0, 0.1) is 0 Å². The third-order valence-corrected chi connectivity index (χ3v) is 5.06. The molecule has 126 valence electrons. The standard InChI is InChI=1S/C21H17N5/c1-2-5-15(6-3-1)21(16-7-4-10-22-14-16)9-8-17-18(13-21)25-26-19(17)20-23-11-12-24-20/h1-12,14H,13H2,(H,23,24)(H,25,26). The molecule has 1 aromatic carbocycles. The second-order valence-corrected chi connectivity index (χ2v) is 6.49. The van der Waals surface area contributed by atoms with Crippen LogP contribution in [0.25, 0.3) is 17.6 Å². The highest BCUT2D eigenvalue weighted by atomic mass is 15.1. The number of aromatic nitrogens is 5. The van der Waals surface area contributed by atoms with E-state index in [1.807, 2.05) is 30.7 Å². The molecule has 3 aromatic heterocycles. The van der Waals surface area contributed by atoms with Crippen LogP contribution >= 0.6 is 0 Å². The summed E-state index contributed by atoms with van der Waals surface area (Å²) in [5.74, 6) is 0.778. The van der Waals surface area contributed by atoms with Crippen molar-refractivity contribution >= 4 is 6.08 Å². The zero-order valence-corrected chi connectivity index (χ0v) is 14.1. The predicted molar refractivity (Wildman–Crippen MR) is 100 cm³/mol. The number of rotatable bonds is 3.